The van der Waals surface area contributed by atoms with Gasteiger partial charge >= 0.3 is 0 Å². The van der Waals surface area contributed by atoms with Crippen LogP contribution in [0.1, 0.15) is 23.7 Å². The highest BCUT2D eigenvalue weighted by atomic mass is 16.1. The molecule has 0 unspecified atom stereocenters. The van der Waals surface area contributed by atoms with Crippen LogP contribution in [-0.4, -0.2) is 37.9 Å². The number of benzene rings is 1. The second-order valence-electron chi connectivity index (χ2n) is 4.44. The molecule has 0 atom stereocenters. The molecule has 0 aliphatic rings. The van der Waals surface area contributed by atoms with Crippen molar-refractivity contribution in [2.75, 3.05) is 38.2 Å². The number of rotatable bonds is 6. The van der Waals surface area contributed by atoms with Crippen molar-refractivity contribution in [1.29, 1.82) is 0 Å². The molecule has 17 heavy (non-hydrogen) atoms. The van der Waals surface area contributed by atoms with Gasteiger partial charge in [-0.15, -0.1) is 0 Å². The number of anilines is 2. The molecule has 4 heteroatoms. The Balaban J connectivity index is 2.50. The first-order valence-corrected chi connectivity index (χ1v) is 5.80. The largest absolute Gasteiger partial charge is 0.398 e. The highest BCUT2D eigenvalue weighted by Gasteiger charge is 2.04. The van der Waals surface area contributed by atoms with Gasteiger partial charge in [-0.25, -0.2) is 0 Å². The zero-order valence-electron chi connectivity index (χ0n) is 10.8. The zero-order valence-corrected chi connectivity index (χ0v) is 10.8. The Bertz CT molecular complexity index is 388. The Hall–Kier alpha value is -1.55. The first kappa shape index (κ1) is 13.5. The molecule has 4 nitrogen and oxygen atoms in total. The molecule has 0 spiro atoms. The molecule has 0 bridgehead atoms. The third kappa shape index (κ3) is 4.44. The van der Waals surface area contributed by atoms with Gasteiger partial charge in [-0.2, -0.15) is 0 Å². The number of carbonyl (C=O) groups excluding carboxylic acids is 1. The van der Waals surface area contributed by atoms with Gasteiger partial charge in [-0.05, 0) is 52.2 Å². The summed E-state index contributed by atoms with van der Waals surface area (Å²) >= 11 is 0. The van der Waals surface area contributed by atoms with E-state index in [0.29, 0.717) is 11.3 Å². The summed E-state index contributed by atoms with van der Waals surface area (Å²) in [6.45, 7) is 3.47. The van der Waals surface area contributed by atoms with Crippen LogP contribution in [0.4, 0.5) is 11.4 Å². The van der Waals surface area contributed by atoms with Crippen LogP contribution >= 0.6 is 0 Å². The topological polar surface area (TPSA) is 58.4 Å². The number of carbonyl (C=O) groups is 1. The summed E-state index contributed by atoms with van der Waals surface area (Å²) in [4.78, 5) is 13.4. The monoisotopic (exact) mass is 235 g/mol. The minimum Gasteiger partial charge on any atom is -0.398 e. The van der Waals surface area contributed by atoms with Gasteiger partial charge in [-0.3, -0.25) is 4.79 Å². The van der Waals surface area contributed by atoms with E-state index >= 15 is 0 Å². The number of nitrogens with two attached hydrogens (primary N) is 1. The second kappa shape index (κ2) is 6.25. The molecule has 3 N–H and O–H groups in total. The highest BCUT2D eigenvalue weighted by molar-refractivity contribution is 5.99. The van der Waals surface area contributed by atoms with E-state index < -0.39 is 0 Å². The standard InChI is InChI=1S/C13H21N3O/c1-10(17)12-6-5-11(9-13(12)14)15-7-4-8-16(2)3/h5-6,9,15H,4,7-8,14H2,1-3H3. The lowest BCUT2D eigenvalue weighted by Gasteiger charge is -2.11. The predicted molar refractivity (Wildman–Crippen MR) is 72.5 cm³/mol. The van der Waals surface area contributed by atoms with Crippen LogP contribution in [0, 0.1) is 0 Å². The zero-order chi connectivity index (χ0) is 12.8. The SMILES string of the molecule is CC(=O)c1ccc(NCCCN(C)C)cc1N. The first-order valence-electron chi connectivity index (χ1n) is 5.80. The van der Waals surface area contributed by atoms with Crippen molar-refractivity contribution in [3.8, 4) is 0 Å². The lowest BCUT2D eigenvalue weighted by Crippen LogP contribution is -2.16. The molecule has 0 heterocycles. The van der Waals surface area contributed by atoms with E-state index in [0.717, 1.165) is 25.2 Å². The van der Waals surface area contributed by atoms with E-state index in [2.05, 4.69) is 24.3 Å². The maximum atomic E-state index is 11.2. The van der Waals surface area contributed by atoms with Crippen LogP contribution in [0.25, 0.3) is 0 Å². The minimum absolute atomic E-state index is 0.00153. The maximum Gasteiger partial charge on any atom is 0.161 e. The van der Waals surface area contributed by atoms with Crippen molar-refractivity contribution in [3.05, 3.63) is 23.8 Å². The Morgan fingerprint density at radius 1 is 1.41 bits per heavy atom. The number of hydrogen-bond donors (Lipinski definition) is 2. The quantitative estimate of drug-likeness (QED) is 0.449. The van der Waals surface area contributed by atoms with Gasteiger partial charge < -0.3 is 16.0 Å². The van der Waals surface area contributed by atoms with E-state index in [9.17, 15) is 4.79 Å². The van der Waals surface area contributed by atoms with Crippen LogP contribution in [0.5, 0.6) is 0 Å². The van der Waals surface area contributed by atoms with Crippen LogP contribution in [0.3, 0.4) is 0 Å². The van der Waals surface area contributed by atoms with Crippen molar-refractivity contribution in [2.24, 2.45) is 0 Å². The molecule has 1 aromatic carbocycles. The van der Waals surface area contributed by atoms with Crippen molar-refractivity contribution >= 4 is 17.2 Å². The Morgan fingerprint density at radius 3 is 2.65 bits per heavy atom. The number of nitrogens with zero attached hydrogens (tertiary/aromatic N) is 1. The fourth-order valence-corrected chi connectivity index (χ4v) is 1.62. The number of Topliss-reactive ketones (excluding diaryl/α,β-unsaturated/α-hetero) is 1. The minimum atomic E-state index is 0.00153. The fraction of sp³-hybridized carbons (Fsp3) is 0.462. The maximum absolute atomic E-state index is 11.2. The number of nitrogen functional groups attached to an aromatic ring is 1. The predicted octanol–water partition coefficient (Wildman–Crippen LogP) is 1.83. The van der Waals surface area contributed by atoms with Crippen LogP contribution in [0.2, 0.25) is 0 Å². The van der Waals surface area contributed by atoms with Gasteiger partial charge in [0.1, 0.15) is 0 Å². The molecule has 1 aromatic rings. The summed E-state index contributed by atoms with van der Waals surface area (Å²) in [5.41, 5.74) is 7.89. The molecule has 0 saturated carbocycles. The Kier molecular flexibility index (Phi) is 4.97. The molecule has 0 amide bonds. The highest BCUT2D eigenvalue weighted by Crippen LogP contribution is 2.18. The first-order chi connectivity index (χ1) is 8.00. The van der Waals surface area contributed by atoms with Crippen LogP contribution in [0.15, 0.2) is 18.2 Å². The smallest absolute Gasteiger partial charge is 0.161 e. The van der Waals surface area contributed by atoms with E-state index in [1.54, 1.807) is 6.07 Å². The number of ketones is 1. The number of nitrogens with one attached hydrogen (secondary N) is 1. The summed E-state index contributed by atoms with van der Waals surface area (Å²) in [6.07, 6.45) is 1.07. The molecular formula is C13H21N3O. The van der Waals surface area contributed by atoms with Crippen LogP contribution in [-0.2, 0) is 0 Å². The van der Waals surface area contributed by atoms with Crippen molar-refractivity contribution in [3.63, 3.8) is 0 Å². The summed E-state index contributed by atoms with van der Waals surface area (Å²) in [7, 11) is 4.11. The third-order valence-corrected chi connectivity index (χ3v) is 2.54. The molecule has 1 rings (SSSR count). The lowest BCUT2D eigenvalue weighted by molar-refractivity contribution is 0.101. The van der Waals surface area contributed by atoms with E-state index in [-0.39, 0.29) is 5.78 Å². The van der Waals surface area contributed by atoms with E-state index in [1.807, 2.05) is 12.1 Å². The third-order valence-electron chi connectivity index (χ3n) is 2.54. The summed E-state index contributed by atoms with van der Waals surface area (Å²) in [5.74, 6) is 0.00153. The van der Waals surface area contributed by atoms with E-state index in [4.69, 9.17) is 5.73 Å². The van der Waals surface area contributed by atoms with Gasteiger partial charge in [0.25, 0.3) is 0 Å². The van der Waals surface area contributed by atoms with Gasteiger partial charge in [0.05, 0.1) is 0 Å². The van der Waals surface area contributed by atoms with E-state index in [1.165, 1.54) is 6.92 Å². The normalized spacial score (nSPS) is 10.6. The van der Waals surface area contributed by atoms with Gasteiger partial charge in [0.15, 0.2) is 5.78 Å². The van der Waals surface area contributed by atoms with Gasteiger partial charge in [0.2, 0.25) is 0 Å². The Labute approximate surface area is 103 Å². The van der Waals surface area contributed by atoms with Crippen LogP contribution < -0.4 is 11.1 Å². The molecular weight excluding hydrogens is 214 g/mol. The molecule has 0 aliphatic carbocycles. The molecule has 94 valence electrons. The van der Waals surface area contributed by atoms with Crippen molar-refractivity contribution in [2.45, 2.75) is 13.3 Å². The van der Waals surface area contributed by atoms with Crippen molar-refractivity contribution in [1.82, 2.24) is 4.90 Å². The summed E-state index contributed by atoms with van der Waals surface area (Å²) in [6, 6.07) is 5.47. The molecule has 0 saturated heterocycles. The molecule has 0 aromatic heterocycles. The average Bonchev–Trinajstić information content (AvgIpc) is 2.23. The van der Waals surface area contributed by atoms with Crippen molar-refractivity contribution < 1.29 is 4.79 Å². The summed E-state index contributed by atoms with van der Waals surface area (Å²) in [5, 5.41) is 3.29. The summed E-state index contributed by atoms with van der Waals surface area (Å²) < 4.78 is 0. The molecule has 0 aliphatic heterocycles. The molecule has 0 radical (unpaired) electrons. The lowest BCUT2D eigenvalue weighted by atomic mass is 10.1. The second-order valence-corrected chi connectivity index (χ2v) is 4.44. The Morgan fingerprint density at radius 2 is 2.12 bits per heavy atom. The average molecular weight is 235 g/mol. The van der Waals surface area contributed by atoms with Gasteiger partial charge in [-0.1, -0.05) is 0 Å². The fourth-order valence-electron chi connectivity index (χ4n) is 1.62. The molecule has 0 fully saturated rings. The van der Waals surface area contributed by atoms with Gasteiger partial charge in [0, 0.05) is 23.5 Å². The number of hydrogen-bond acceptors (Lipinski definition) is 4.